The third-order valence-corrected chi connectivity index (χ3v) is 5.45. The Kier molecular flexibility index (Phi) is 7.69. The molecule has 0 bridgehead atoms. The molecule has 3 amide bonds. The molecule has 1 saturated heterocycles. The number of hydrogen-bond acceptors (Lipinski definition) is 4. The average molecular weight is 443 g/mol. The predicted molar refractivity (Wildman–Crippen MR) is 120 cm³/mol. The molecule has 0 spiro atoms. The lowest BCUT2D eigenvalue weighted by Crippen LogP contribution is -2.46. The fourth-order valence-electron chi connectivity index (χ4n) is 3.74. The van der Waals surface area contributed by atoms with Gasteiger partial charge < -0.3 is 9.64 Å². The van der Waals surface area contributed by atoms with E-state index in [4.69, 9.17) is 16.3 Å². The minimum Gasteiger partial charge on any atom is -0.494 e. The molecule has 2 aromatic rings. The zero-order valence-electron chi connectivity index (χ0n) is 17.8. The highest BCUT2D eigenvalue weighted by molar-refractivity contribution is 6.30. The van der Waals surface area contributed by atoms with Gasteiger partial charge in [0.1, 0.15) is 11.8 Å². The van der Waals surface area contributed by atoms with E-state index in [0.29, 0.717) is 48.9 Å². The molecule has 1 unspecified atom stereocenters. The maximum atomic E-state index is 13.2. The maximum Gasteiger partial charge on any atom is 0.257 e. The second kappa shape index (κ2) is 10.4. The number of carbonyl (C=O) groups excluding carboxylic acids is 3. The molecule has 1 aliphatic heterocycles. The van der Waals surface area contributed by atoms with Crippen LogP contribution in [0.1, 0.15) is 38.7 Å². The van der Waals surface area contributed by atoms with Gasteiger partial charge in [0.25, 0.3) is 5.91 Å². The number of hydrogen-bond donors (Lipinski definition) is 0. The van der Waals surface area contributed by atoms with Gasteiger partial charge in [-0.1, -0.05) is 30.7 Å². The Hall–Kier alpha value is -2.86. The number of benzene rings is 2. The van der Waals surface area contributed by atoms with E-state index >= 15 is 0 Å². The third kappa shape index (κ3) is 5.44. The number of anilines is 1. The van der Waals surface area contributed by atoms with Gasteiger partial charge in [0.15, 0.2) is 0 Å². The van der Waals surface area contributed by atoms with Crippen LogP contribution in [-0.2, 0) is 20.8 Å². The van der Waals surface area contributed by atoms with E-state index in [1.165, 1.54) is 4.90 Å². The van der Waals surface area contributed by atoms with Crippen molar-refractivity contribution in [3.8, 4) is 5.75 Å². The first kappa shape index (κ1) is 22.8. The normalized spacial score (nSPS) is 16.0. The molecule has 0 saturated carbocycles. The number of imide groups is 1. The summed E-state index contributed by atoms with van der Waals surface area (Å²) in [5.74, 6) is -0.131. The zero-order valence-corrected chi connectivity index (χ0v) is 18.6. The molecule has 0 radical (unpaired) electrons. The minimum atomic E-state index is -0.794. The smallest absolute Gasteiger partial charge is 0.257 e. The van der Waals surface area contributed by atoms with E-state index in [-0.39, 0.29) is 24.1 Å². The Labute approximate surface area is 187 Å². The maximum absolute atomic E-state index is 13.2. The average Bonchev–Trinajstić information content (AvgIpc) is 3.03. The summed E-state index contributed by atoms with van der Waals surface area (Å²) < 4.78 is 5.43. The van der Waals surface area contributed by atoms with Gasteiger partial charge in [-0.15, -0.1) is 0 Å². The number of ether oxygens (including phenoxy) is 1. The number of carbonyl (C=O) groups is 3. The van der Waals surface area contributed by atoms with E-state index in [9.17, 15) is 14.4 Å². The van der Waals surface area contributed by atoms with E-state index in [0.717, 1.165) is 5.56 Å². The Balaban J connectivity index is 1.79. The van der Waals surface area contributed by atoms with Crippen molar-refractivity contribution in [2.24, 2.45) is 0 Å². The van der Waals surface area contributed by atoms with Crippen molar-refractivity contribution in [1.29, 1.82) is 0 Å². The predicted octanol–water partition coefficient (Wildman–Crippen LogP) is 4.24. The van der Waals surface area contributed by atoms with E-state index < -0.39 is 6.04 Å². The summed E-state index contributed by atoms with van der Waals surface area (Å²) in [4.78, 5) is 41.5. The van der Waals surface area contributed by atoms with Gasteiger partial charge in [0, 0.05) is 18.0 Å². The lowest BCUT2D eigenvalue weighted by molar-refractivity contribution is -0.138. The van der Waals surface area contributed by atoms with Gasteiger partial charge in [-0.05, 0) is 61.7 Å². The molecule has 3 rings (SSSR count). The van der Waals surface area contributed by atoms with E-state index in [1.54, 1.807) is 35.2 Å². The lowest BCUT2D eigenvalue weighted by Gasteiger charge is -2.28. The van der Waals surface area contributed by atoms with Gasteiger partial charge in [0.05, 0.1) is 18.7 Å². The highest BCUT2D eigenvalue weighted by atomic mass is 35.5. The molecule has 31 heavy (non-hydrogen) atoms. The van der Waals surface area contributed by atoms with Crippen molar-refractivity contribution in [3.63, 3.8) is 0 Å². The number of nitrogens with zero attached hydrogens (tertiary/aromatic N) is 2. The van der Waals surface area contributed by atoms with Crippen molar-refractivity contribution in [2.45, 2.75) is 45.6 Å². The van der Waals surface area contributed by atoms with Crippen LogP contribution in [0.15, 0.2) is 48.5 Å². The Morgan fingerprint density at radius 3 is 2.55 bits per heavy atom. The van der Waals surface area contributed by atoms with E-state index in [2.05, 4.69) is 0 Å². The molecule has 2 aromatic carbocycles. The second-order valence-electron chi connectivity index (χ2n) is 7.43. The largest absolute Gasteiger partial charge is 0.494 e. The van der Waals surface area contributed by atoms with Gasteiger partial charge in [-0.25, -0.2) is 4.90 Å². The quantitative estimate of drug-likeness (QED) is 0.545. The van der Waals surface area contributed by atoms with Crippen LogP contribution < -0.4 is 9.64 Å². The summed E-state index contributed by atoms with van der Waals surface area (Å²) in [6.45, 7) is 4.68. The van der Waals surface area contributed by atoms with Crippen molar-refractivity contribution in [2.75, 3.05) is 18.1 Å². The minimum absolute atomic E-state index is 0.0168. The summed E-state index contributed by atoms with van der Waals surface area (Å²) in [5, 5.41) is 0.623. The van der Waals surface area contributed by atoms with Crippen molar-refractivity contribution >= 4 is 35.0 Å². The molecule has 164 valence electrons. The van der Waals surface area contributed by atoms with Gasteiger partial charge in [-0.3, -0.25) is 14.4 Å². The molecular formula is C24H27ClN2O4. The van der Waals surface area contributed by atoms with Gasteiger partial charge in [0.2, 0.25) is 11.8 Å². The SMILES string of the molecule is CCCC(=O)N(CCc1cccc(Cl)c1)C1CC(=O)N(c2ccc(OCC)cc2)C1=O. The molecule has 1 aliphatic rings. The number of amides is 3. The van der Waals surface area contributed by atoms with Gasteiger partial charge in [-0.2, -0.15) is 0 Å². The molecule has 6 nitrogen and oxygen atoms in total. The highest BCUT2D eigenvalue weighted by Gasteiger charge is 2.44. The molecular weight excluding hydrogens is 416 g/mol. The molecule has 0 aromatic heterocycles. The van der Waals surface area contributed by atoms with Crippen molar-refractivity contribution < 1.29 is 19.1 Å². The lowest BCUT2D eigenvalue weighted by atomic mass is 10.1. The first-order valence-electron chi connectivity index (χ1n) is 10.6. The summed E-state index contributed by atoms with van der Waals surface area (Å²) in [5.41, 5.74) is 1.46. The summed E-state index contributed by atoms with van der Waals surface area (Å²) in [6, 6.07) is 13.5. The van der Waals surface area contributed by atoms with Crippen LogP contribution in [0.2, 0.25) is 5.02 Å². The second-order valence-corrected chi connectivity index (χ2v) is 7.87. The standard InChI is InChI=1S/C24H27ClN2O4/c1-3-6-22(28)26(14-13-17-7-5-8-18(25)15-17)21-16-23(29)27(24(21)30)19-9-11-20(12-10-19)31-4-2/h5,7-12,15,21H,3-4,6,13-14,16H2,1-2H3. The van der Waals surface area contributed by atoms with Crippen molar-refractivity contribution in [1.82, 2.24) is 4.90 Å². The molecule has 1 atom stereocenters. The van der Waals surface area contributed by atoms with Crippen LogP contribution >= 0.6 is 11.6 Å². The molecule has 0 aliphatic carbocycles. The monoisotopic (exact) mass is 442 g/mol. The number of rotatable bonds is 9. The topological polar surface area (TPSA) is 66.9 Å². The van der Waals surface area contributed by atoms with Crippen LogP contribution in [0.25, 0.3) is 0 Å². The third-order valence-electron chi connectivity index (χ3n) is 5.22. The first-order valence-corrected chi connectivity index (χ1v) is 11.0. The Bertz CT molecular complexity index is 945. The summed E-state index contributed by atoms with van der Waals surface area (Å²) >= 11 is 6.06. The van der Waals surface area contributed by atoms with Crippen LogP contribution in [-0.4, -0.2) is 41.8 Å². The van der Waals surface area contributed by atoms with E-state index in [1.807, 2.05) is 32.0 Å². The van der Waals surface area contributed by atoms with Crippen LogP contribution in [0.3, 0.4) is 0 Å². The fourth-order valence-corrected chi connectivity index (χ4v) is 3.96. The summed E-state index contributed by atoms with van der Waals surface area (Å²) in [7, 11) is 0. The van der Waals surface area contributed by atoms with Crippen molar-refractivity contribution in [3.05, 3.63) is 59.1 Å². The highest BCUT2D eigenvalue weighted by Crippen LogP contribution is 2.28. The molecule has 7 heteroatoms. The molecule has 1 heterocycles. The van der Waals surface area contributed by atoms with Crippen LogP contribution in [0, 0.1) is 0 Å². The number of halogens is 1. The van der Waals surface area contributed by atoms with Crippen LogP contribution in [0.4, 0.5) is 5.69 Å². The summed E-state index contributed by atoms with van der Waals surface area (Å²) in [6.07, 6.45) is 1.54. The first-order chi connectivity index (χ1) is 14.9. The fraction of sp³-hybridized carbons (Fsp3) is 0.375. The zero-order chi connectivity index (χ0) is 22.4. The molecule has 1 fully saturated rings. The Morgan fingerprint density at radius 2 is 1.90 bits per heavy atom. The molecule has 0 N–H and O–H groups in total. The van der Waals surface area contributed by atoms with Gasteiger partial charge >= 0.3 is 0 Å². The Morgan fingerprint density at radius 1 is 1.16 bits per heavy atom. The van der Waals surface area contributed by atoms with Crippen LogP contribution in [0.5, 0.6) is 5.75 Å².